The first kappa shape index (κ1) is 14.1. The average molecular weight is 336 g/mol. The molecule has 0 bridgehead atoms. The van der Waals surface area contributed by atoms with Crippen molar-refractivity contribution in [2.75, 3.05) is 5.32 Å². The van der Waals surface area contributed by atoms with Crippen LogP contribution in [0.15, 0.2) is 51.6 Å². The Bertz CT molecular complexity index is 662. The first-order chi connectivity index (χ1) is 9.58. The molecule has 0 radical (unpaired) electrons. The number of nitrogens with one attached hydrogen (secondary N) is 1. The molecule has 6 heteroatoms. The number of benzene rings is 1. The molecular formula is C14H10BrNO4. The van der Waals surface area contributed by atoms with Gasteiger partial charge in [-0.3, -0.25) is 4.79 Å². The lowest BCUT2D eigenvalue weighted by atomic mass is 10.2. The van der Waals surface area contributed by atoms with Crippen LogP contribution in [0.5, 0.6) is 0 Å². The van der Waals surface area contributed by atoms with Crippen LogP contribution >= 0.6 is 15.9 Å². The minimum atomic E-state index is -1.11. The van der Waals surface area contributed by atoms with E-state index in [0.29, 0.717) is 10.2 Å². The Labute approximate surface area is 123 Å². The molecule has 0 saturated carbocycles. The van der Waals surface area contributed by atoms with Crippen molar-refractivity contribution in [1.82, 2.24) is 0 Å². The number of carboxylic acids is 1. The van der Waals surface area contributed by atoms with E-state index in [4.69, 9.17) is 9.52 Å². The summed E-state index contributed by atoms with van der Waals surface area (Å²) in [7, 11) is 0. The van der Waals surface area contributed by atoms with E-state index in [1.165, 1.54) is 24.5 Å². The van der Waals surface area contributed by atoms with Crippen LogP contribution in [0, 0.1) is 0 Å². The molecule has 0 aliphatic rings. The number of carboxylic acid groups (broad SMARTS) is 1. The minimum absolute atomic E-state index is 0.0131. The van der Waals surface area contributed by atoms with Gasteiger partial charge in [0.05, 0.1) is 17.5 Å². The molecule has 2 rings (SSSR count). The van der Waals surface area contributed by atoms with E-state index in [1.54, 1.807) is 24.3 Å². The third kappa shape index (κ3) is 3.36. The summed E-state index contributed by atoms with van der Waals surface area (Å²) < 4.78 is 5.55. The van der Waals surface area contributed by atoms with Crippen molar-refractivity contribution in [3.63, 3.8) is 0 Å². The molecule has 0 aliphatic carbocycles. The van der Waals surface area contributed by atoms with Gasteiger partial charge in [0.2, 0.25) is 5.91 Å². The molecule has 102 valence electrons. The summed E-state index contributed by atoms with van der Waals surface area (Å²) in [5.41, 5.74) is 0.230. The van der Waals surface area contributed by atoms with Crippen LogP contribution in [-0.4, -0.2) is 17.0 Å². The van der Waals surface area contributed by atoms with E-state index in [0.717, 1.165) is 0 Å². The lowest BCUT2D eigenvalue weighted by Gasteiger charge is -2.08. The summed E-state index contributed by atoms with van der Waals surface area (Å²) in [6, 6.07) is 8.05. The Hall–Kier alpha value is -2.34. The summed E-state index contributed by atoms with van der Waals surface area (Å²) in [6.07, 6.45) is 4.25. The van der Waals surface area contributed by atoms with Crippen molar-refractivity contribution < 1.29 is 19.1 Å². The number of carbonyl (C=O) groups is 2. The van der Waals surface area contributed by atoms with Crippen LogP contribution in [0.25, 0.3) is 6.08 Å². The summed E-state index contributed by atoms with van der Waals surface area (Å²) in [5.74, 6) is -1.03. The van der Waals surface area contributed by atoms with Gasteiger partial charge in [-0.25, -0.2) is 4.79 Å². The summed E-state index contributed by atoms with van der Waals surface area (Å²) in [6.45, 7) is 0. The van der Waals surface area contributed by atoms with Gasteiger partial charge in [0, 0.05) is 10.5 Å². The molecule has 0 fully saturated rings. The first-order valence-electron chi connectivity index (χ1n) is 5.62. The maximum Gasteiger partial charge on any atom is 0.337 e. The van der Waals surface area contributed by atoms with E-state index in [2.05, 4.69) is 21.2 Å². The Morgan fingerprint density at radius 2 is 2.05 bits per heavy atom. The number of aromatic carboxylic acids is 1. The third-order valence-electron chi connectivity index (χ3n) is 2.43. The highest BCUT2D eigenvalue weighted by molar-refractivity contribution is 9.10. The maximum absolute atomic E-state index is 11.8. The Kier molecular flexibility index (Phi) is 4.37. The van der Waals surface area contributed by atoms with Crippen LogP contribution in [0.2, 0.25) is 0 Å². The molecule has 0 saturated heterocycles. The van der Waals surface area contributed by atoms with Gasteiger partial charge in [0.1, 0.15) is 5.76 Å². The zero-order chi connectivity index (χ0) is 14.5. The van der Waals surface area contributed by atoms with Gasteiger partial charge >= 0.3 is 5.97 Å². The maximum atomic E-state index is 11.8. The standard InChI is InChI=1S/C14H10BrNO4/c15-11-5-1-4-10(14(18)19)13(11)16-12(17)7-6-9-3-2-8-20-9/h1-8H,(H,16,17)(H,18,19)/b7-6+. The molecule has 1 aromatic heterocycles. The molecule has 2 aromatic rings. The molecule has 1 amide bonds. The number of rotatable bonds is 4. The van der Waals surface area contributed by atoms with Crippen molar-refractivity contribution in [2.24, 2.45) is 0 Å². The zero-order valence-corrected chi connectivity index (χ0v) is 11.8. The van der Waals surface area contributed by atoms with Crippen LogP contribution < -0.4 is 5.32 Å². The van der Waals surface area contributed by atoms with Crippen LogP contribution in [0.4, 0.5) is 5.69 Å². The topological polar surface area (TPSA) is 79.5 Å². The summed E-state index contributed by atoms with van der Waals surface area (Å²) in [5, 5.41) is 11.6. The van der Waals surface area contributed by atoms with Gasteiger partial charge in [0.25, 0.3) is 0 Å². The number of amides is 1. The van der Waals surface area contributed by atoms with Crippen molar-refractivity contribution in [2.45, 2.75) is 0 Å². The second kappa shape index (κ2) is 6.21. The molecule has 0 atom stereocenters. The fourth-order valence-electron chi connectivity index (χ4n) is 1.54. The van der Waals surface area contributed by atoms with E-state index in [9.17, 15) is 9.59 Å². The number of furan rings is 1. The molecule has 1 heterocycles. The fraction of sp³-hybridized carbons (Fsp3) is 0. The molecule has 0 unspecified atom stereocenters. The second-order valence-electron chi connectivity index (χ2n) is 3.81. The molecule has 1 aromatic carbocycles. The second-order valence-corrected chi connectivity index (χ2v) is 4.66. The van der Waals surface area contributed by atoms with Gasteiger partial charge in [-0.15, -0.1) is 0 Å². The quantitative estimate of drug-likeness (QED) is 0.839. The van der Waals surface area contributed by atoms with E-state index >= 15 is 0 Å². The predicted octanol–water partition coefficient (Wildman–Crippen LogP) is 3.39. The molecule has 0 aliphatic heterocycles. The number of anilines is 1. The summed E-state index contributed by atoms with van der Waals surface area (Å²) >= 11 is 3.21. The normalized spacial score (nSPS) is 10.7. The highest BCUT2D eigenvalue weighted by Crippen LogP contribution is 2.26. The molecule has 2 N–H and O–H groups in total. The van der Waals surface area contributed by atoms with Gasteiger partial charge in [-0.2, -0.15) is 0 Å². The minimum Gasteiger partial charge on any atom is -0.478 e. The van der Waals surface area contributed by atoms with Gasteiger partial charge in [-0.1, -0.05) is 6.07 Å². The SMILES string of the molecule is O=C(/C=C/c1ccco1)Nc1c(Br)cccc1C(=O)O. The number of halogens is 1. The predicted molar refractivity (Wildman–Crippen MR) is 77.5 cm³/mol. The Morgan fingerprint density at radius 1 is 1.25 bits per heavy atom. The van der Waals surface area contributed by atoms with Gasteiger partial charge in [0.15, 0.2) is 0 Å². The third-order valence-corrected chi connectivity index (χ3v) is 3.10. The van der Waals surface area contributed by atoms with E-state index in [1.807, 2.05) is 0 Å². The molecule has 20 heavy (non-hydrogen) atoms. The fourth-order valence-corrected chi connectivity index (χ4v) is 2.00. The van der Waals surface area contributed by atoms with Gasteiger partial charge < -0.3 is 14.8 Å². The van der Waals surface area contributed by atoms with Crippen molar-refractivity contribution in [3.8, 4) is 0 Å². The van der Waals surface area contributed by atoms with Crippen molar-refractivity contribution in [3.05, 3.63) is 58.5 Å². The highest BCUT2D eigenvalue weighted by Gasteiger charge is 2.14. The number of hydrogen-bond acceptors (Lipinski definition) is 3. The Balaban J connectivity index is 2.18. The first-order valence-corrected chi connectivity index (χ1v) is 6.41. The lowest BCUT2D eigenvalue weighted by Crippen LogP contribution is -2.12. The largest absolute Gasteiger partial charge is 0.478 e. The lowest BCUT2D eigenvalue weighted by molar-refractivity contribution is -0.111. The average Bonchev–Trinajstić information content (AvgIpc) is 2.91. The zero-order valence-electron chi connectivity index (χ0n) is 10.2. The number of carbonyl (C=O) groups excluding carboxylic acids is 1. The van der Waals surface area contributed by atoms with Crippen molar-refractivity contribution in [1.29, 1.82) is 0 Å². The highest BCUT2D eigenvalue weighted by atomic mass is 79.9. The Morgan fingerprint density at radius 3 is 2.70 bits per heavy atom. The van der Waals surface area contributed by atoms with Gasteiger partial charge in [-0.05, 0) is 46.3 Å². The van der Waals surface area contributed by atoms with Crippen LogP contribution in [0.1, 0.15) is 16.1 Å². The van der Waals surface area contributed by atoms with E-state index in [-0.39, 0.29) is 11.3 Å². The molecular weight excluding hydrogens is 326 g/mol. The van der Waals surface area contributed by atoms with Crippen LogP contribution in [-0.2, 0) is 4.79 Å². The van der Waals surface area contributed by atoms with E-state index < -0.39 is 11.9 Å². The monoisotopic (exact) mass is 335 g/mol. The number of hydrogen-bond donors (Lipinski definition) is 2. The molecule has 5 nitrogen and oxygen atoms in total. The smallest absolute Gasteiger partial charge is 0.337 e. The molecule has 0 spiro atoms. The van der Waals surface area contributed by atoms with Crippen LogP contribution in [0.3, 0.4) is 0 Å². The number of para-hydroxylation sites is 1. The van der Waals surface area contributed by atoms with Crippen molar-refractivity contribution >= 4 is 39.6 Å². The summed E-state index contributed by atoms with van der Waals surface area (Å²) in [4.78, 5) is 22.9.